The Bertz CT molecular complexity index is 1330. The molecule has 4 aliphatic carbocycles. The van der Waals surface area contributed by atoms with Crippen molar-refractivity contribution in [1.29, 1.82) is 0 Å². The molecule has 236 valence electrons. The number of hydrogen-bond donors (Lipinski definition) is 2. The summed E-state index contributed by atoms with van der Waals surface area (Å²) in [6.07, 6.45) is 11.7. The van der Waals surface area contributed by atoms with Gasteiger partial charge >= 0.3 is 0 Å². The Morgan fingerprint density at radius 1 is 0.884 bits per heavy atom. The molecule has 2 saturated carbocycles. The maximum atomic E-state index is 12.0. The third-order valence-electron chi connectivity index (χ3n) is 12.1. The molecule has 2 aromatic carbocycles. The number of ketones is 1. The van der Waals surface area contributed by atoms with Gasteiger partial charge in [-0.3, -0.25) is 4.79 Å². The summed E-state index contributed by atoms with van der Waals surface area (Å²) < 4.78 is 0. The monoisotopic (exact) mass is 586 g/mol. The second-order valence-corrected chi connectivity index (χ2v) is 14.6. The van der Waals surface area contributed by atoms with E-state index < -0.39 is 0 Å². The Morgan fingerprint density at radius 3 is 2.14 bits per heavy atom. The van der Waals surface area contributed by atoms with E-state index in [9.17, 15) is 9.90 Å². The zero-order chi connectivity index (χ0) is 31.7. The number of nitrogen functional groups attached to an aromatic ring is 1. The fourth-order valence-corrected chi connectivity index (χ4v) is 9.82. The van der Waals surface area contributed by atoms with Gasteiger partial charge in [0.05, 0.1) is 0 Å². The lowest BCUT2D eigenvalue weighted by Gasteiger charge is -2.57. The number of nitrogens with zero attached hydrogens (tertiary/aromatic N) is 1. The van der Waals surface area contributed by atoms with Crippen molar-refractivity contribution in [2.75, 3.05) is 19.8 Å². The van der Waals surface area contributed by atoms with Crippen molar-refractivity contribution < 1.29 is 9.90 Å². The van der Waals surface area contributed by atoms with Crippen molar-refractivity contribution >= 4 is 11.5 Å². The lowest BCUT2D eigenvalue weighted by Crippen LogP contribution is -2.51. The molecular weight excluding hydrogens is 528 g/mol. The highest BCUT2D eigenvalue weighted by atomic mass is 16.3. The van der Waals surface area contributed by atoms with Crippen LogP contribution in [0.2, 0.25) is 0 Å². The van der Waals surface area contributed by atoms with Crippen LogP contribution in [0.4, 0.5) is 5.69 Å². The number of hydrogen-bond acceptors (Lipinski definition) is 4. The molecule has 43 heavy (non-hydrogen) atoms. The molecule has 4 aliphatic rings. The number of nitrogens with two attached hydrogens (primary N) is 1. The first-order valence-corrected chi connectivity index (χ1v) is 16.9. The van der Waals surface area contributed by atoms with Crippen LogP contribution >= 0.6 is 0 Å². The maximum Gasteiger partial charge on any atom is 0.133 e. The van der Waals surface area contributed by atoms with Gasteiger partial charge in [0.25, 0.3) is 0 Å². The molecule has 4 nitrogen and oxygen atoms in total. The predicted octanol–water partition coefficient (Wildman–Crippen LogP) is 8.98. The van der Waals surface area contributed by atoms with E-state index in [2.05, 4.69) is 64.5 Å². The first kappa shape index (κ1) is 33.1. The van der Waals surface area contributed by atoms with E-state index in [0.717, 1.165) is 37.8 Å². The van der Waals surface area contributed by atoms with Crippen LogP contribution in [0.3, 0.4) is 0 Å². The largest absolute Gasteiger partial charge is 0.508 e. The number of carbonyl (C=O) groups is 1. The second-order valence-electron chi connectivity index (χ2n) is 14.6. The quantitative estimate of drug-likeness (QED) is 0.352. The Morgan fingerprint density at radius 2 is 1.49 bits per heavy atom. The highest BCUT2D eigenvalue weighted by molar-refractivity contribution is 5.79. The van der Waals surface area contributed by atoms with Gasteiger partial charge < -0.3 is 15.7 Å². The standard InChI is InChI=1S/C20H29NO.C17H23NO.C2H6/c1-14(21(4)5)19(2)11-6-12-20(3)17-13-16(22)9-7-15(17)8-10-18(19)20;1-11(19)14-4-3-9-17(2)15(14)8-6-12-5-7-13(18)10-16(12)17;1-2/h7,9,13,18,22H,1,6,8,10-12H2,2-5H3;5,7,10,14-15H,3-4,6,8-9,18H2,1-2H3;1-2H3/t18?,19-,20?;;/m1../s1. The minimum atomic E-state index is 0.150. The van der Waals surface area contributed by atoms with Gasteiger partial charge in [0.15, 0.2) is 0 Å². The summed E-state index contributed by atoms with van der Waals surface area (Å²) in [7, 11) is 4.23. The average molecular weight is 587 g/mol. The van der Waals surface area contributed by atoms with Crippen LogP contribution in [0, 0.1) is 23.2 Å². The molecule has 6 atom stereocenters. The summed E-state index contributed by atoms with van der Waals surface area (Å²) in [5.74, 6) is 2.14. The van der Waals surface area contributed by atoms with E-state index >= 15 is 0 Å². The third kappa shape index (κ3) is 5.88. The van der Waals surface area contributed by atoms with Gasteiger partial charge in [0.2, 0.25) is 0 Å². The van der Waals surface area contributed by atoms with Crippen LogP contribution in [-0.4, -0.2) is 29.9 Å². The summed E-state index contributed by atoms with van der Waals surface area (Å²) in [6.45, 7) is 17.4. The maximum absolute atomic E-state index is 12.0. The molecule has 0 spiro atoms. The number of benzene rings is 2. The van der Waals surface area contributed by atoms with Crippen LogP contribution < -0.4 is 5.73 Å². The Balaban J connectivity index is 0.000000188. The third-order valence-corrected chi connectivity index (χ3v) is 12.1. The first-order valence-electron chi connectivity index (χ1n) is 16.9. The van der Waals surface area contributed by atoms with E-state index in [1.165, 1.54) is 60.1 Å². The smallest absolute Gasteiger partial charge is 0.133 e. The minimum Gasteiger partial charge on any atom is -0.508 e. The van der Waals surface area contributed by atoms with E-state index in [1.54, 1.807) is 6.92 Å². The van der Waals surface area contributed by atoms with Crippen LogP contribution in [0.25, 0.3) is 0 Å². The van der Waals surface area contributed by atoms with Crippen molar-refractivity contribution in [2.45, 2.75) is 117 Å². The van der Waals surface area contributed by atoms with Gasteiger partial charge in [-0.1, -0.05) is 66.2 Å². The van der Waals surface area contributed by atoms with Gasteiger partial charge in [-0.05, 0) is 127 Å². The number of phenols is 1. The second kappa shape index (κ2) is 12.7. The molecule has 5 unspecified atom stereocenters. The summed E-state index contributed by atoms with van der Waals surface area (Å²) in [6, 6.07) is 12.3. The predicted molar refractivity (Wildman–Crippen MR) is 181 cm³/mol. The summed E-state index contributed by atoms with van der Waals surface area (Å²) in [5, 5.41) is 9.99. The number of rotatable bonds is 3. The van der Waals surface area contributed by atoms with Crippen LogP contribution in [0.5, 0.6) is 5.75 Å². The van der Waals surface area contributed by atoms with Crippen molar-refractivity contribution in [1.82, 2.24) is 4.90 Å². The van der Waals surface area contributed by atoms with Crippen molar-refractivity contribution in [3.05, 3.63) is 70.9 Å². The number of aryl methyl sites for hydroxylation is 2. The van der Waals surface area contributed by atoms with Crippen LogP contribution in [0.15, 0.2) is 48.7 Å². The number of aromatic hydroxyl groups is 1. The fourth-order valence-electron chi connectivity index (χ4n) is 9.82. The van der Waals surface area contributed by atoms with Gasteiger partial charge in [-0.2, -0.15) is 0 Å². The zero-order valence-corrected chi connectivity index (χ0v) is 28.4. The average Bonchev–Trinajstić information content (AvgIpc) is 2.98. The Hall–Kier alpha value is -2.75. The fraction of sp³-hybridized carbons (Fsp3) is 0.615. The Labute approximate surface area is 262 Å². The summed E-state index contributed by atoms with van der Waals surface area (Å²) >= 11 is 0. The molecule has 3 N–H and O–H groups in total. The number of fused-ring (bicyclic) bond motifs is 6. The van der Waals surface area contributed by atoms with E-state index in [1.807, 2.05) is 32.0 Å². The summed E-state index contributed by atoms with van der Waals surface area (Å²) in [5.41, 5.74) is 14.2. The molecule has 0 aliphatic heterocycles. The number of Topliss-reactive ketones (excluding diaryl/α,β-unsaturated/α-hetero) is 1. The van der Waals surface area contributed by atoms with Gasteiger partial charge in [-0.15, -0.1) is 0 Å². The lowest BCUT2D eigenvalue weighted by molar-refractivity contribution is -0.125. The Kier molecular flexibility index (Phi) is 9.79. The number of anilines is 1. The van der Waals surface area contributed by atoms with Crippen molar-refractivity contribution in [2.24, 2.45) is 23.2 Å². The van der Waals surface area contributed by atoms with Crippen LogP contribution in [-0.2, 0) is 28.5 Å². The molecular formula is C39H58N2O2. The molecule has 0 saturated heterocycles. The SMILES string of the molecule is C=C(N(C)C)[C@@]1(C)CCCC2(C)c3cc(O)ccc3CCC21.CC.CC(=O)C1CCCC2(C)c3cc(N)ccc3CCC12. The van der Waals surface area contributed by atoms with E-state index in [0.29, 0.717) is 23.4 Å². The molecule has 0 amide bonds. The van der Waals surface area contributed by atoms with Gasteiger partial charge in [0.1, 0.15) is 11.5 Å². The van der Waals surface area contributed by atoms with E-state index in [-0.39, 0.29) is 22.2 Å². The zero-order valence-electron chi connectivity index (χ0n) is 28.4. The molecule has 0 heterocycles. The molecule has 2 fully saturated rings. The molecule has 4 heteroatoms. The number of allylic oxidation sites excluding steroid dienone is 1. The number of carbonyl (C=O) groups excluding carboxylic acids is 1. The molecule has 6 rings (SSSR count). The normalized spacial score (nSPS) is 32.1. The highest BCUT2D eigenvalue weighted by Crippen LogP contribution is 2.60. The van der Waals surface area contributed by atoms with Gasteiger partial charge in [-0.25, -0.2) is 0 Å². The topological polar surface area (TPSA) is 66.6 Å². The van der Waals surface area contributed by atoms with E-state index in [4.69, 9.17) is 5.73 Å². The summed E-state index contributed by atoms with van der Waals surface area (Å²) in [4.78, 5) is 14.1. The van der Waals surface area contributed by atoms with Crippen LogP contribution in [0.1, 0.15) is 115 Å². The molecule has 2 aromatic rings. The van der Waals surface area contributed by atoms with Crippen molar-refractivity contribution in [3.63, 3.8) is 0 Å². The first-order chi connectivity index (χ1) is 20.3. The molecule has 0 bridgehead atoms. The van der Waals surface area contributed by atoms with Gasteiger partial charge in [0, 0.05) is 36.8 Å². The van der Waals surface area contributed by atoms with Crippen molar-refractivity contribution in [3.8, 4) is 5.75 Å². The highest BCUT2D eigenvalue weighted by Gasteiger charge is 2.53. The minimum absolute atomic E-state index is 0.150. The lowest BCUT2D eigenvalue weighted by atomic mass is 9.49. The molecule has 0 aromatic heterocycles. The molecule has 0 radical (unpaired) electrons. The number of phenolic OH excluding ortho intramolecular Hbond substituents is 1.